The van der Waals surface area contributed by atoms with E-state index in [1.54, 1.807) is 6.07 Å². The van der Waals surface area contributed by atoms with Crippen molar-refractivity contribution in [2.45, 2.75) is 25.2 Å². The molecule has 0 fully saturated rings. The van der Waals surface area contributed by atoms with Crippen molar-refractivity contribution in [1.29, 1.82) is 0 Å². The van der Waals surface area contributed by atoms with E-state index < -0.39 is 11.6 Å². The Hall–Kier alpha value is -2.41. The summed E-state index contributed by atoms with van der Waals surface area (Å²) in [5.41, 5.74) is 7.07. The summed E-state index contributed by atoms with van der Waals surface area (Å²) in [6.07, 6.45) is 0.122. The van der Waals surface area contributed by atoms with E-state index >= 15 is 0 Å². The van der Waals surface area contributed by atoms with Crippen molar-refractivity contribution < 1.29 is 18.4 Å². The van der Waals surface area contributed by atoms with Crippen molar-refractivity contribution >= 4 is 23.6 Å². The number of rotatable bonds is 5. The fraction of sp³-hybridized carbons (Fsp3) is 0.222. The number of hydrogen-bond donors (Lipinski definition) is 2. The van der Waals surface area contributed by atoms with Gasteiger partial charge in [-0.25, -0.2) is 8.78 Å². The first-order valence-electron chi connectivity index (χ1n) is 7.61. The van der Waals surface area contributed by atoms with Gasteiger partial charge >= 0.3 is 0 Å². The number of nitrogens with one attached hydrogen (secondary N) is 2. The van der Waals surface area contributed by atoms with Crippen molar-refractivity contribution in [2.75, 3.05) is 5.75 Å². The molecule has 132 valence electrons. The Labute approximate surface area is 149 Å². The Bertz CT molecular complexity index is 797. The summed E-state index contributed by atoms with van der Waals surface area (Å²) in [4.78, 5) is 24.3. The predicted octanol–water partition coefficient (Wildman–Crippen LogP) is 3.53. The van der Waals surface area contributed by atoms with Gasteiger partial charge in [0.05, 0.1) is 0 Å². The molecule has 0 saturated carbocycles. The van der Waals surface area contributed by atoms with E-state index in [-0.39, 0.29) is 18.2 Å². The van der Waals surface area contributed by atoms with Crippen LogP contribution in [0.15, 0.2) is 41.3 Å². The molecule has 0 bridgehead atoms. The van der Waals surface area contributed by atoms with Gasteiger partial charge in [0.15, 0.2) is 11.6 Å². The molecule has 0 aliphatic heterocycles. The molecule has 2 N–H and O–H groups in total. The molecule has 2 amide bonds. The average Bonchev–Trinajstić information content (AvgIpc) is 2.56. The predicted molar refractivity (Wildman–Crippen MR) is 93.2 cm³/mol. The summed E-state index contributed by atoms with van der Waals surface area (Å²) < 4.78 is 25.9. The Morgan fingerprint density at radius 2 is 1.76 bits per heavy atom. The zero-order valence-corrected chi connectivity index (χ0v) is 14.7. The molecule has 0 aliphatic rings. The molecule has 25 heavy (non-hydrogen) atoms. The van der Waals surface area contributed by atoms with Gasteiger partial charge in [0.1, 0.15) is 0 Å². The molecule has 0 aliphatic carbocycles. The van der Waals surface area contributed by atoms with Crippen LogP contribution in [0.4, 0.5) is 8.78 Å². The van der Waals surface area contributed by atoms with Crippen LogP contribution in [-0.4, -0.2) is 17.6 Å². The van der Waals surface area contributed by atoms with Crippen molar-refractivity contribution in [2.24, 2.45) is 0 Å². The number of carbonyl (C=O) groups excluding carboxylic acids is 2. The molecular formula is C18H18F2N2O2S. The number of benzene rings is 2. The van der Waals surface area contributed by atoms with Crippen molar-refractivity contribution in [3.05, 3.63) is 64.7 Å². The third kappa shape index (κ3) is 5.56. The number of hydrazine groups is 1. The van der Waals surface area contributed by atoms with E-state index in [1.165, 1.54) is 17.8 Å². The molecule has 2 aromatic rings. The standard InChI is InChI=1S/C18H18F2N2O2S/c1-11-3-5-14(12(2)9-11)18(24)22-21-17(23)7-8-25-13-4-6-15(19)16(20)10-13/h3-6,9-10H,7-8H2,1-2H3,(H,21,23)(H,22,24). The number of halogens is 2. The lowest BCUT2D eigenvalue weighted by molar-refractivity contribution is -0.121. The van der Waals surface area contributed by atoms with Crippen LogP contribution in [0.3, 0.4) is 0 Å². The van der Waals surface area contributed by atoms with Gasteiger partial charge in [0.2, 0.25) is 5.91 Å². The van der Waals surface area contributed by atoms with Crippen molar-refractivity contribution in [1.82, 2.24) is 10.9 Å². The molecule has 0 aromatic heterocycles. The monoisotopic (exact) mass is 364 g/mol. The Balaban J connectivity index is 1.76. The summed E-state index contributed by atoms with van der Waals surface area (Å²) in [5.74, 6) is -2.21. The maximum absolute atomic E-state index is 13.1. The average molecular weight is 364 g/mol. The van der Waals surface area contributed by atoms with Gasteiger partial charge in [-0.3, -0.25) is 20.4 Å². The highest BCUT2D eigenvalue weighted by molar-refractivity contribution is 7.99. The number of carbonyl (C=O) groups is 2. The minimum Gasteiger partial charge on any atom is -0.273 e. The number of thioether (sulfide) groups is 1. The number of amides is 2. The lowest BCUT2D eigenvalue weighted by atomic mass is 10.1. The second-order valence-corrected chi connectivity index (χ2v) is 6.66. The first-order valence-corrected chi connectivity index (χ1v) is 8.59. The lowest BCUT2D eigenvalue weighted by Gasteiger charge is -2.09. The highest BCUT2D eigenvalue weighted by atomic mass is 32.2. The van der Waals surface area contributed by atoms with Crippen LogP contribution in [0.5, 0.6) is 0 Å². The second kappa shape index (κ2) is 8.62. The molecular weight excluding hydrogens is 346 g/mol. The quantitative estimate of drug-likeness (QED) is 0.630. The molecule has 0 unspecified atom stereocenters. The SMILES string of the molecule is Cc1ccc(C(=O)NNC(=O)CCSc2ccc(F)c(F)c2)c(C)c1. The third-order valence-electron chi connectivity index (χ3n) is 3.43. The van der Waals surface area contributed by atoms with E-state index in [0.29, 0.717) is 16.2 Å². The fourth-order valence-corrected chi connectivity index (χ4v) is 3.03. The normalized spacial score (nSPS) is 10.4. The lowest BCUT2D eigenvalue weighted by Crippen LogP contribution is -2.42. The Morgan fingerprint density at radius 3 is 2.44 bits per heavy atom. The Kier molecular flexibility index (Phi) is 6.52. The summed E-state index contributed by atoms with van der Waals surface area (Å²) in [5, 5.41) is 0. The minimum atomic E-state index is -0.921. The van der Waals surface area contributed by atoms with E-state index in [1.807, 2.05) is 26.0 Å². The van der Waals surface area contributed by atoms with Crippen LogP contribution >= 0.6 is 11.8 Å². The summed E-state index contributed by atoms with van der Waals surface area (Å²) in [6, 6.07) is 8.98. The topological polar surface area (TPSA) is 58.2 Å². The molecule has 0 heterocycles. The largest absolute Gasteiger partial charge is 0.273 e. The summed E-state index contributed by atoms with van der Waals surface area (Å²) in [7, 11) is 0. The van der Waals surface area contributed by atoms with Gasteiger partial charge in [-0.1, -0.05) is 17.7 Å². The van der Waals surface area contributed by atoms with Crippen LogP contribution in [0, 0.1) is 25.5 Å². The van der Waals surface area contributed by atoms with E-state index in [9.17, 15) is 18.4 Å². The molecule has 0 saturated heterocycles. The zero-order valence-electron chi connectivity index (χ0n) is 13.9. The molecule has 2 aromatic carbocycles. The molecule has 0 radical (unpaired) electrons. The summed E-state index contributed by atoms with van der Waals surface area (Å²) in [6.45, 7) is 3.75. The first kappa shape index (κ1) is 18.9. The van der Waals surface area contributed by atoms with Gasteiger partial charge in [0.25, 0.3) is 5.91 Å². The molecule has 4 nitrogen and oxygen atoms in total. The van der Waals surface area contributed by atoms with Gasteiger partial charge in [0, 0.05) is 22.6 Å². The number of hydrogen-bond acceptors (Lipinski definition) is 3. The van der Waals surface area contributed by atoms with E-state index in [0.717, 1.165) is 23.3 Å². The zero-order chi connectivity index (χ0) is 18.4. The molecule has 0 atom stereocenters. The van der Waals surface area contributed by atoms with Gasteiger partial charge in [-0.05, 0) is 43.7 Å². The molecule has 2 rings (SSSR count). The maximum Gasteiger partial charge on any atom is 0.269 e. The van der Waals surface area contributed by atoms with Crippen LogP contribution in [0.2, 0.25) is 0 Å². The van der Waals surface area contributed by atoms with Crippen molar-refractivity contribution in [3.63, 3.8) is 0 Å². The maximum atomic E-state index is 13.1. The molecule has 0 spiro atoms. The third-order valence-corrected chi connectivity index (χ3v) is 4.43. The van der Waals surface area contributed by atoms with Gasteiger partial charge in [-0.15, -0.1) is 11.8 Å². The van der Waals surface area contributed by atoms with Gasteiger partial charge in [-0.2, -0.15) is 0 Å². The summed E-state index contributed by atoms with van der Waals surface area (Å²) >= 11 is 1.23. The van der Waals surface area contributed by atoms with E-state index in [2.05, 4.69) is 10.9 Å². The van der Waals surface area contributed by atoms with Crippen LogP contribution in [-0.2, 0) is 4.79 Å². The first-order chi connectivity index (χ1) is 11.9. The smallest absolute Gasteiger partial charge is 0.269 e. The highest BCUT2D eigenvalue weighted by Gasteiger charge is 2.10. The highest BCUT2D eigenvalue weighted by Crippen LogP contribution is 2.20. The van der Waals surface area contributed by atoms with Crippen LogP contribution in [0.1, 0.15) is 27.9 Å². The van der Waals surface area contributed by atoms with Crippen molar-refractivity contribution in [3.8, 4) is 0 Å². The second-order valence-electron chi connectivity index (χ2n) is 5.50. The molecule has 7 heteroatoms. The number of aryl methyl sites for hydroxylation is 2. The fourth-order valence-electron chi connectivity index (χ4n) is 2.15. The Morgan fingerprint density at radius 1 is 1.00 bits per heavy atom. The minimum absolute atomic E-state index is 0.122. The van der Waals surface area contributed by atoms with E-state index in [4.69, 9.17) is 0 Å². The van der Waals surface area contributed by atoms with Gasteiger partial charge < -0.3 is 0 Å². The van der Waals surface area contributed by atoms with Crippen LogP contribution in [0.25, 0.3) is 0 Å². The van der Waals surface area contributed by atoms with Crippen LogP contribution < -0.4 is 10.9 Å².